The molecule has 41 heavy (non-hydrogen) atoms. The van der Waals surface area contributed by atoms with Gasteiger partial charge in [-0.05, 0) is 36.1 Å². The molecule has 1 aromatic heterocycles. The molecule has 0 aliphatic carbocycles. The largest absolute Gasteiger partial charge is 0.510 e. The summed E-state index contributed by atoms with van der Waals surface area (Å²) in [6, 6.07) is 9.89. The fraction of sp³-hybridized carbons (Fsp3) is 0.276. The van der Waals surface area contributed by atoms with Crippen molar-refractivity contribution in [3.05, 3.63) is 92.8 Å². The summed E-state index contributed by atoms with van der Waals surface area (Å²) < 4.78 is 46.4. The van der Waals surface area contributed by atoms with Gasteiger partial charge in [0.2, 0.25) is 18.0 Å². The maximum atomic E-state index is 15.2. The van der Waals surface area contributed by atoms with Crippen LogP contribution in [0.1, 0.15) is 40.0 Å². The Kier molecular flexibility index (Phi) is 6.94. The zero-order valence-corrected chi connectivity index (χ0v) is 22.8. The Morgan fingerprint density at radius 3 is 2.80 bits per heavy atom. The number of aromatic nitrogens is 1. The van der Waals surface area contributed by atoms with Gasteiger partial charge in [-0.1, -0.05) is 30.4 Å². The van der Waals surface area contributed by atoms with Gasteiger partial charge in [0.25, 0.3) is 5.91 Å². The Morgan fingerprint density at radius 1 is 1.20 bits per heavy atom. The molecule has 1 fully saturated rings. The van der Waals surface area contributed by atoms with Crippen molar-refractivity contribution in [3.8, 4) is 17.0 Å². The number of pyridine rings is 1. The molecule has 0 radical (unpaired) electrons. The number of nitrogens with one attached hydrogen (secondary N) is 1. The first-order valence-corrected chi connectivity index (χ1v) is 13.8. The van der Waals surface area contributed by atoms with E-state index in [1.807, 2.05) is 24.3 Å². The molecule has 1 N–H and O–H groups in total. The van der Waals surface area contributed by atoms with E-state index < -0.39 is 42.1 Å². The second kappa shape index (κ2) is 10.6. The second-order valence-corrected chi connectivity index (χ2v) is 10.9. The third-order valence-electron chi connectivity index (χ3n) is 7.45. The van der Waals surface area contributed by atoms with Crippen LogP contribution in [0.5, 0.6) is 5.75 Å². The molecule has 1 saturated heterocycles. The smallest absolute Gasteiger partial charge is 0.451 e. The van der Waals surface area contributed by atoms with Crippen molar-refractivity contribution >= 4 is 23.8 Å². The molecule has 2 aromatic carbocycles. The first-order chi connectivity index (χ1) is 19.8. The first kappa shape index (κ1) is 26.9. The molecule has 0 spiro atoms. The van der Waals surface area contributed by atoms with Gasteiger partial charge in [0.15, 0.2) is 17.3 Å². The van der Waals surface area contributed by atoms with Gasteiger partial charge in [-0.15, -0.1) is 11.8 Å². The predicted molar refractivity (Wildman–Crippen MR) is 146 cm³/mol. The highest BCUT2D eigenvalue weighted by Crippen LogP contribution is 2.41. The van der Waals surface area contributed by atoms with Crippen molar-refractivity contribution in [2.45, 2.75) is 36.1 Å². The number of amides is 1. The first-order valence-electron chi connectivity index (χ1n) is 12.9. The molecular formula is C29H25F2N3O6S. The van der Waals surface area contributed by atoms with Gasteiger partial charge in [0, 0.05) is 40.8 Å². The van der Waals surface area contributed by atoms with Crippen LogP contribution in [-0.4, -0.2) is 48.3 Å². The van der Waals surface area contributed by atoms with E-state index in [-0.39, 0.29) is 34.0 Å². The summed E-state index contributed by atoms with van der Waals surface area (Å²) in [4.78, 5) is 41.3. The number of methoxy groups -OCH3 is 1. The van der Waals surface area contributed by atoms with Gasteiger partial charge in [-0.3, -0.25) is 9.59 Å². The van der Waals surface area contributed by atoms with Crippen molar-refractivity contribution in [1.29, 1.82) is 0 Å². The summed E-state index contributed by atoms with van der Waals surface area (Å²) in [7, 11) is 1.12. The van der Waals surface area contributed by atoms with Crippen LogP contribution in [0.4, 0.5) is 13.6 Å². The number of benzene rings is 2. The van der Waals surface area contributed by atoms with E-state index in [0.29, 0.717) is 31.4 Å². The van der Waals surface area contributed by atoms with E-state index in [1.165, 1.54) is 22.5 Å². The van der Waals surface area contributed by atoms with E-state index in [0.717, 1.165) is 29.2 Å². The van der Waals surface area contributed by atoms with Crippen LogP contribution in [-0.2, 0) is 21.6 Å². The van der Waals surface area contributed by atoms with Crippen molar-refractivity contribution in [2.75, 3.05) is 25.9 Å². The SMILES string of the molecule is C=C1CCN2C(=O)c3c(OCOC(=O)OC)c(=O)cc(-c4cc(F)c(F)c5c4Cc4ccccc4SC5)n3N[C@@H]2C1. The molecule has 12 heteroatoms. The fourth-order valence-electron chi connectivity index (χ4n) is 5.44. The number of halogens is 2. The number of rotatable bonds is 4. The molecule has 0 saturated carbocycles. The number of ether oxygens (including phenoxy) is 3. The van der Waals surface area contributed by atoms with E-state index in [1.54, 1.807) is 4.90 Å². The monoisotopic (exact) mass is 581 g/mol. The van der Waals surface area contributed by atoms with E-state index in [4.69, 9.17) is 9.47 Å². The summed E-state index contributed by atoms with van der Waals surface area (Å²) in [5, 5.41) is 0. The lowest BCUT2D eigenvalue weighted by Crippen LogP contribution is -2.56. The Hall–Kier alpha value is -4.32. The molecule has 6 rings (SSSR count). The number of thioether (sulfide) groups is 1. The van der Waals surface area contributed by atoms with Crippen LogP contribution in [0.25, 0.3) is 11.3 Å². The van der Waals surface area contributed by atoms with Gasteiger partial charge in [-0.25, -0.2) is 18.3 Å². The normalized spacial score (nSPS) is 17.3. The Bertz CT molecular complexity index is 1670. The molecule has 3 aromatic rings. The summed E-state index contributed by atoms with van der Waals surface area (Å²) >= 11 is 1.41. The lowest BCUT2D eigenvalue weighted by molar-refractivity contribution is 0.0134. The average Bonchev–Trinajstić information content (AvgIpc) is 3.16. The topological polar surface area (TPSA) is 99.1 Å². The predicted octanol–water partition coefficient (Wildman–Crippen LogP) is 4.78. The Morgan fingerprint density at radius 2 is 2.00 bits per heavy atom. The maximum Gasteiger partial charge on any atom is 0.510 e. The summed E-state index contributed by atoms with van der Waals surface area (Å²) in [5.74, 6) is -2.66. The number of nitrogens with zero attached hydrogens (tertiary/aromatic N) is 2. The highest BCUT2D eigenvalue weighted by molar-refractivity contribution is 7.98. The van der Waals surface area contributed by atoms with Gasteiger partial charge in [0.1, 0.15) is 6.17 Å². The lowest BCUT2D eigenvalue weighted by atomic mass is 9.92. The van der Waals surface area contributed by atoms with Crippen molar-refractivity contribution < 1.29 is 32.6 Å². The average molecular weight is 582 g/mol. The zero-order valence-electron chi connectivity index (χ0n) is 22.0. The van der Waals surface area contributed by atoms with Gasteiger partial charge in [0.05, 0.1) is 12.8 Å². The number of carbonyl (C=O) groups excluding carboxylic acids is 2. The molecule has 0 unspecified atom stereocenters. The van der Waals surface area contributed by atoms with Crippen LogP contribution in [0.2, 0.25) is 0 Å². The number of hydrogen-bond donors (Lipinski definition) is 1. The van der Waals surface area contributed by atoms with Crippen molar-refractivity contribution in [1.82, 2.24) is 9.58 Å². The second-order valence-electron chi connectivity index (χ2n) is 9.87. The molecule has 1 atom stereocenters. The Balaban J connectivity index is 1.55. The minimum absolute atomic E-state index is 0.147. The summed E-state index contributed by atoms with van der Waals surface area (Å²) in [6.07, 6.45) is -0.184. The van der Waals surface area contributed by atoms with Crippen LogP contribution >= 0.6 is 11.8 Å². The minimum Gasteiger partial charge on any atom is -0.451 e. The molecule has 4 heterocycles. The molecule has 212 valence electrons. The van der Waals surface area contributed by atoms with Gasteiger partial charge in [-0.2, -0.15) is 0 Å². The van der Waals surface area contributed by atoms with Crippen LogP contribution in [0, 0.1) is 11.6 Å². The number of carbonyl (C=O) groups is 2. The summed E-state index contributed by atoms with van der Waals surface area (Å²) in [5.41, 5.74) is 5.46. The standard InChI is InChI=1S/C29H25F2N3O6S/c1-15-7-8-33-24(9-15)32-34-21(12-22(35)27(26(34)28(33)36)39-14-40-29(37)38-2)18-11-20(30)25(31)19-13-41-23-6-4-3-5-16(23)10-17(18)19/h3-6,11-12,24,32H,1,7-10,13-14H2,2H3/t24-/m0/s1. The van der Waals surface area contributed by atoms with Crippen molar-refractivity contribution in [2.24, 2.45) is 0 Å². The van der Waals surface area contributed by atoms with Crippen molar-refractivity contribution in [3.63, 3.8) is 0 Å². The molecule has 3 aliphatic heterocycles. The molecule has 1 amide bonds. The minimum atomic E-state index is -1.06. The maximum absolute atomic E-state index is 15.2. The third-order valence-corrected chi connectivity index (χ3v) is 8.59. The third kappa shape index (κ3) is 4.71. The van der Waals surface area contributed by atoms with E-state index in [2.05, 4.69) is 16.7 Å². The van der Waals surface area contributed by atoms with Crippen LogP contribution in [0.15, 0.2) is 58.2 Å². The van der Waals surface area contributed by atoms with E-state index in [9.17, 15) is 14.4 Å². The number of piperidine rings is 1. The zero-order chi connectivity index (χ0) is 28.8. The molecule has 0 bridgehead atoms. The van der Waals surface area contributed by atoms with Gasteiger partial charge < -0.3 is 24.5 Å². The molecule has 9 nitrogen and oxygen atoms in total. The molecular weight excluding hydrogens is 556 g/mol. The lowest BCUT2D eigenvalue weighted by Gasteiger charge is -2.43. The van der Waals surface area contributed by atoms with E-state index >= 15 is 8.78 Å². The van der Waals surface area contributed by atoms with Crippen LogP contribution < -0.4 is 15.6 Å². The number of hydrogen-bond acceptors (Lipinski definition) is 8. The highest BCUT2D eigenvalue weighted by Gasteiger charge is 2.39. The summed E-state index contributed by atoms with van der Waals surface area (Å²) in [6.45, 7) is 3.74. The fourth-order valence-corrected chi connectivity index (χ4v) is 6.55. The quantitative estimate of drug-likeness (QED) is 0.267. The van der Waals surface area contributed by atoms with Gasteiger partial charge >= 0.3 is 6.16 Å². The Labute approximate surface area is 237 Å². The highest BCUT2D eigenvalue weighted by atomic mass is 32.2. The number of fused-ring (bicyclic) bond motifs is 4. The molecule has 3 aliphatic rings. The van der Waals surface area contributed by atoms with Crippen LogP contribution in [0.3, 0.4) is 0 Å².